The molecule has 0 saturated carbocycles. The van der Waals surface area contributed by atoms with Crippen LogP contribution >= 0.6 is 0 Å². The highest BCUT2D eigenvalue weighted by Crippen LogP contribution is 2.27. The van der Waals surface area contributed by atoms with Crippen molar-refractivity contribution in [1.29, 1.82) is 0 Å². The van der Waals surface area contributed by atoms with E-state index in [9.17, 15) is 14.0 Å². The highest BCUT2D eigenvalue weighted by Gasteiger charge is 2.46. The summed E-state index contributed by atoms with van der Waals surface area (Å²) in [5.41, 5.74) is -1.97. The van der Waals surface area contributed by atoms with Crippen molar-refractivity contribution in [2.24, 2.45) is 0 Å². The molecule has 1 aromatic carbocycles. The van der Waals surface area contributed by atoms with Crippen molar-refractivity contribution < 1.29 is 23.8 Å². The van der Waals surface area contributed by atoms with Gasteiger partial charge in [0.2, 0.25) is 5.67 Å². The normalized spacial score (nSPS) is 21.8. The van der Waals surface area contributed by atoms with Gasteiger partial charge in [-0.2, -0.15) is 0 Å². The number of nitrogens with zero attached hydrogens (tertiary/aromatic N) is 1. The van der Waals surface area contributed by atoms with Gasteiger partial charge in [0.15, 0.2) is 0 Å². The molecule has 1 heterocycles. The molecule has 1 aromatic rings. The SMILES string of the molecule is CCOc1cccc(C(=O)N2CC[C@](F)(C(=O)O)C2)c1. The molecule has 6 heteroatoms. The highest BCUT2D eigenvalue weighted by molar-refractivity contribution is 5.95. The van der Waals surface area contributed by atoms with Crippen molar-refractivity contribution in [2.45, 2.75) is 19.0 Å². The Morgan fingerprint density at radius 3 is 2.85 bits per heavy atom. The molecule has 1 N–H and O–H groups in total. The number of likely N-dealkylation sites (tertiary alicyclic amines) is 1. The van der Waals surface area contributed by atoms with Crippen LogP contribution in [0.25, 0.3) is 0 Å². The monoisotopic (exact) mass is 281 g/mol. The Morgan fingerprint density at radius 1 is 1.50 bits per heavy atom. The smallest absolute Gasteiger partial charge is 0.343 e. The lowest BCUT2D eigenvalue weighted by Gasteiger charge is -2.18. The lowest BCUT2D eigenvalue weighted by molar-refractivity contribution is -0.149. The van der Waals surface area contributed by atoms with Gasteiger partial charge in [0, 0.05) is 18.5 Å². The van der Waals surface area contributed by atoms with E-state index in [1.807, 2.05) is 6.92 Å². The first-order valence-corrected chi connectivity index (χ1v) is 6.41. The maximum absolute atomic E-state index is 13.9. The maximum Gasteiger partial charge on any atom is 0.343 e. The number of aliphatic carboxylic acids is 1. The van der Waals surface area contributed by atoms with Gasteiger partial charge in [0.25, 0.3) is 5.91 Å². The number of carbonyl (C=O) groups is 2. The minimum atomic E-state index is -2.34. The number of benzene rings is 1. The van der Waals surface area contributed by atoms with Crippen LogP contribution in [0.5, 0.6) is 5.75 Å². The lowest BCUT2D eigenvalue weighted by atomic mass is 10.1. The van der Waals surface area contributed by atoms with Gasteiger partial charge in [0.05, 0.1) is 13.2 Å². The molecule has 20 heavy (non-hydrogen) atoms. The Hall–Kier alpha value is -2.11. The number of carbonyl (C=O) groups excluding carboxylic acids is 1. The van der Waals surface area contributed by atoms with Crippen LogP contribution in [0, 0.1) is 0 Å². The first-order valence-electron chi connectivity index (χ1n) is 6.41. The van der Waals surface area contributed by atoms with Crippen molar-refractivity contribution in [3.63, 3.8) is 0 Å². The summed E-state index contributed by atoms with van der Waals surface area (Å²) in [5, 5.41) is 8.82. The molecule has 1 amide bonds. The second kappa shape index (κ2) is 5.48. The number of carboxylic acids is 1. The minimum absolute atomic E-state index is 0.0977. The summed E-state index contributed by atoms with van der Waals surface area (Å²) < 4.78 is 19.2. The zero-order chi connectivity index (χ0) is 14.8. The molecule has 108 valence electrons. The Balaban J connectivity index is 2.13. The minimum Gasteiger partial charge on any atom is -0.494 e. The molecule has 1 saturated heterocycles. The van der Waals surface area contributed by atoms with Gasteiger partial charge in [-0.05, 0) is 25.1 Å². The van der Waals surface area contributed by atoms with Gasteiger partial charge in [-0.25, -0.2) is 9.18 Å². The summed E-state index contributed by atoms with van der Waals surface area (Å²) in [5.74, 6) is -1.34. The predicted molar refractivity (Wildman–Crippen MR) is 69.6 cm³/mol. The fraction of sp³-hybridized carbons (Fsp3) is 0.429. The first-order chi connectivity index (χ1) is 9.46. The molecular weight excluding hydrogens is 265 g/mol. The topological polar surface area (TPSA) is 66.8 Å². The number of halogens is 1. The second-order valence-corrected chi connectivity index (χ2v) is 4.71. The molecule has 1 fully saturated rings. The summed E-state index contributed by atoms with van der Waals surface area (Å²) >= 11 is 0. The lowest BCUT2D eigenvalue weighted by Crippen LogP contribution is -2.38. The van der Waals surface area contributed by atoms with E-state index in [2.05, 4.69) is 0 Å². The van der Waals surface area contributed by atoms with Crippen molar-refractivity contribution >= 4 is 11.9 Å². The van der Waals surface area contributed by atoms with Gasteiger partial charge in [-0.1, -0.05) is 6.07 Å². The summed E-state index contributed by atoms with van der Waals surface area (Å²) in [7, 11) is 0. The quantitative estimate of drug-likeness (QED) is 0.912. The molecule has 0 aromatic heterocycles. The molecule has 0 spiro atoms. The number of hydrogen-bond donors (Lipinski definition) is 1. The van der Waals surface area contributed by atoms with Crippen LogP contribution in [0.4, 0.5) is 4.39 Å². The molecule has 1 aliphatic heterocycles. The molecule has 2 rings (SSSR count). The number of alkyl halides is 1. The third-order valence-corrected chi connectivity index (χ3v) is 3.28. The summed E-state index contributed by atoms with van der Waals surface area (Å²) in [6.07, 6.45) is -0.181. The second-order valence-electron chi connectivity index (χ2n) is 4.71. The Labute approximate surface area is 116 Å². The van der Waals surface area contributed by atoms with E-state index in [1.54, 1.807) is 24.3 Å². The number of rotatable bonds is 4. The van der Waals surface area contributed by atoms with E-state index in [1.165, 1.54) is 4.90 Å². The Bertz CT molecular complexity index is 534. The average molecular weight is 281 g/mol. The molecule has 5 nitrogen and oxygen atoms in total. The molecule has 0 aliphatic carbocycles. The fourth-order valence-corrected chi connectivity index (χ4v) is 2.19. The Kier molecular flexibility index (Phi) is 3.92. The highest BCUT2D eigenvalue weighted by atomic mass is 19.1. The van der Waals surface area contributed by atoms with Gasteiger partial charge < -0.3 is 14.7 Å². The largest absolute Gasteiger partial charge is 0.494 e. The standard InChI is InChI=1S/C14H16FNO4/c1-2-20-11-5-3-4-10(8-11)12(17)16-7-6-14(15,9-16)13(18)19/h3-5,8H,2,6-7,9H2,1H3,(H,18,19)/t14-/m1/s1. The maximum atomic E-state index is 13.9. The first kappa shape index (κ1) is 14.3. The van der Waals surface area contributed by atoms with E-state index in [0.29, 0.717) is 17.9 Å². The molecule has 0 unspecified atom stereocenters. The van der Waals surface area contributed by atoms with Gasteiger partial charge in [0.1, 0.15) is 5.75 Å². The number of ether oxygens (including phenoxy) is 1. The summed E-state index contributed by atoms with van der Waals surface area (Å²) in [6, 6.07) is 6.57. The van der Waals surface area contributed by atoms with Crippen molar-refractivity contribution in [1.82, 2.24) is 4.90 Å². The van der Waals surface area contributed by atoms with E-state index in [4.69, 9.17) is 9.84 Å². The van der Waals surface area contributed by atoms with Crippen LogP contribution in [-0.4, -0.2) is 47.2 Å². The Morgan fingerprint density at radius 2 is 2.25 bits per heavy atom. The molecule has 0 radical (unpaired) electrons. The molecule has 1 atom stereocenters. The molecule has 0 bridgehead atoms. The molecular formula is C14H16FNO4. The third kappa shape index (κ3) is 2.74. The van der Waals surface area contributed by atoms with Crippen LogP contribution in [-0.2, 0) is 4.79 Å². The number of amides is 1. The summed E-state index contributed by atoms with van der Waals surface area (Å²) in [6.45, 7) is 1.99. The summed E-state index contributed by atoms with van der Waals surface area (Å²) in [4.78, 5) is 24.3. The zero-order valence-corrected chi connectivity index (χ0v) is 11.1. The van der Waals surface area contributed by atoms with E-state index >= 15 is 0 Å². The average Bonchev–Trinajstić information content (AvgIpc) is 2.83. The predicted octanol–water partition coefficient (Wildman–Crippen LogP) is 1.72. The van der Waals surface area contributed by atoms with Crippen LogP contribution in [0.15, 0.2) is 24.3 Å². The number of carboxylic acid groups (broad SMARTS) is 1. The van der Waals surface area contributed by atoms with Crippen LogP contribution in [0.2, 0.25) is 0 Å². The van der Waals surface area contributed by atoms with Crippen molar-refractivity contribution in [3.05, 3.63) is 29.8 Å². The third-order valence-electron chi connectivity index (χ3n) is 3.28. The van der Waals surface area contributed by atoms with Crippen molar-refractivity contribution in [2.75, 3.05) is 19.7 Å². The van der Waals surface area contributed by atoms with Crippen molar-refractivity contribution in [3.8, 4) is 5.75 Å². The van der Waals surface area contributed by atoms with Crippen LogP contribution < -0.4 is 4.74 Å². The van der Waals surface area contributed by atoms with Gasteiger partial charge in [-0.15, -0.1) is 0 Å². The van der Waals surface area contributed by atoms with E-state index in [0.717, 1.165) is 0 Å². The van der Waals surface area contributed by atoms with E-state index < -0.39 is 18.2 Å². The van der Waals surface area contributed by atoms with Gasteiger partial charge >= 0.3 is 5.97 Å². The van der Waals surface area contributed by atoms with Crippen LogP contribution in [0.1, 0.15) is 23.7 Å². The van der Waals surface area contributed by atoms with Gasteiger partial charge in [-0.3, -0.25) is 4.79 Å². The van der Waals surface area contributed by atoms with E-state index in [-0.39, 0.29) is 18.9 Å². The fourth-order valence-electron chi connectivity index (χ4n) is 2.19. The van der Waals surface area contributed by atoms with Crippen LogP contribution in [0.3, 0.4) is 0 Å². The molecule has 1 aliphatic rings. The zero-order valence-electron chi connectivity index (χ0n) is 11.1. The number of hydrogen-bond acceptors (Lipinski definition) is 3.